The fraction of sp³-hybridized carbons (Fsp3) is 0.389. The van der Waals surface area contributed by atoms with Crippen LogP contribution in [0.5, 0.6) is 0 Å². The SMILES string of the molecule is CCS(=O)(=O)Nc1nc(-c2ccc(F)cc2)c(CCC(=O)O)c(C(C)C)n1. The predicted molar refractivity (Wildman–Crippen MR) is 101 cm³/mol. The van der Waals surface area contributed by atoms with Gasteiger partial charge in [-0.2, -0.15) is 0 Å². The second-order valence-electron chi connectivity index (χ2n) is 6.32. The van der Waals surface area contributed by atoms with E-state index in [1.807, 2.05) is 13.8 Å². The Hall–Kier alpha value is -2.55. The highest BCUT2D eigenvalue weighted by atomic mass is 32.2. The fourth-order valence-electron chi connectivity index (χ4n) is 2.56. The Labute approximate surface area is 157 Å². The molecular formula is C18H22FN3O4S. The maximum Gasteiger partial charge on any atom is 0.303 e. The number of hydrogen-bond donors (Lipinski definition) is 2. The third-order valence-corrected chi connectivity index (χ3v) is 5.17. The summed E-state index contributed by atoms with van der Waals surface area (Å²) in [6.45, 7) is 5.24. The van der Waals surface area contributed by atoms with Gasteiger partial charge in [0.15, 0.2) is 0 Å². The van der Waals surface area contributed by atoms with E-state index in [9.17, 15) is 17.6 Å². The van der Waals surface area contributed by atoms with Crippen LogP contribution < -0.4 is 4.72 Å². The van der Waals surface area contributed by atoms with Gasteiger partial charge in [-0.3, -0.25) is 9.52 Å². The number of carboxylic acids is 1. The molecule has 0 aliphatic rings. The minimum absolute atomic E-state index is 0.0843. The third-order valence-electron chi connectivity index (χ3n) is 3.92. The van der Waals surface area contributed by atoms with E-state index in [0.717, 1.165) is 0 Å². The number of nitrogens with one attached hydrogen (secondary N) is 1. The summed E-state index contributed by atoms with van der Waals surface area (Å²) >= 11 is 0. The van der Waals surface area contributed by atoms with Crippen molar-refractivity contribution in [1.29, 1.82) is 0 Å². The van der Waals surface area contributed by atoms with Crippen molar-refractivity contribution >= 4 is 21.9 Å². The number of aliphatic carboxylic acids is 1. The van der Waals surface area contributed by atoms with Gasteiger partial charge in [-0.15, -0.1) is 0 Å². The second kappa shape index (κ2) is 8.43. The molecule has 0 saturated carbocycles. The standard InChI is InChI=1S/C18H22FN3O4S/c1-4-27(25,26)22-18-20-16(11(2)3)14(9-10-15(23)24)17(21-18)12-5-7-13(19)8-6-12/h5-8,11H,4,9-10H2,1-3H3,(H,23,24)(H,20,21,22). The first kappa shape index (κ1) is 20.8. The Morgan fingerprint density at radius 1 is 1.22 bits per heavy atom. The second-order valence-corrected chi connectivity index (χ2v) is 8.33. The molecule has 7 nitrogen and oxygen atoms in total. The number of halogens is 1. The third kappa shape index (κ3) is 5.46. The summed E-state index contributed by atoms with van der Waals surface area (Å²) in [6, 6.07) is 5.57. The van der Waals surface area contributed by atoms with E-state index in [1.54, 1.807) is 0 Å². The Morgan fingerprint density at radius 2 is 1.85 bits per heavy atom. The molecule has 0 radical (unpaired) electrons. The number of anilines is 1. The first-order valence-electron chi connectivity index (χ1n) is 8.52. The summed E-state index contributed by atoms with van der Waals surface area (Å²) in [5, 5.41) is 9.06. The van der Waals surface area contributed by atoms with Crippen molar-refractivity contribution in [3.05, 3.63) is 41.3 Å². The van der Waals surface area contributed by atoms with Crippen LogP contribution in [0, 0.1) is 5.82 Å². The molecule has 146 valence electrons. The average molecular weight is 395 g/mol. The molecule has 0 bridgehead atoms. The van der Waals surface area contributed by atoms with Crippen LogP contribution in [0.4, 0.5) is 10.3 Å². The summed E-state index contributed by atoms with van der Waals surface area (Å²) in [5.41, 5.74) is 2.11. The molecular weight excluding hydrogens is 373 g/mol. The van der Waals surface area contributed by atoms with E-state index < -0.39 is 21.8 Å². The molecule has 2 rings (SSSR count). The monoisotopic (exact) mass is 395 g/mol. The molecule has 0 aliphatic carbocycles. The Kier molecular flexibility index (Phi) is 6.48. The summed E-state index contributed by atoms with van der Waals surface area (Å²) in [4.78, 5) is 19.7. The number of nitrogens with zero attached hydrogens (tertiary/aromatic N) is 2. The van der Waals surface area contributed by atoms with Gasteiger partial charge in [0.2, 0.25) is 16.0 Å². The number of benzene rings is 1. The number of rotatable bonds is 8. The summed E-state index contributed by atoms with van der Waals surface area (Å²) in [5.74, 6) is -1.71. The zero-order valence-corrected chi connectivity index (χ0v) is 16.2. The van der Waals surface area contributed by atoms with E-state index in [-0.39, 0.29) is 30.5 Å². The molecule has 1 heterocycles. The molecule has 0 atom stereocenters. The van der Waals surface area contributed by atoms with E-state index >= 15 is 0 Å². The lowest BCUT2D eigenvalue weighted by Crippen LogP contribution is -2.19. The molecule has 0 unspecified atom stereocenters. The van der Waals surface area contributed by atoms with E-state index in [1.165, 1.54) is 31.2 Å². The van der Waals surface area contributed by atoms with Crippen molar-refractivity contribution in [1.82, 2.24) is 9.97 Å². The molecule has 0 fully saturated rings. The van der Waals surface area contributed by atoms with Crippen LogP contribution >= 0.6 is 0 Å². The largest absolute Gasteiger partial charge is 0.481 e. The van der Waals surface area contributed by atoms with Crippen LogP contribution in [0.3, 0.4) is 0 Å². The molecule has 0 amide bonds. The van der Waals surface area contributed by atoms with Gasteiger partial charge in [-0.05, 0) is 43.5 Å². The van der Waals surface area contributed by atoms with Gasteiger partial charge >= 0.3 is 5.97 Å². The number of hydrogen-bond acceptors (Lipinski definition) is 5. The van der Waals surface area contributed by atoms with Gasteiger partial charge in [0.05, 0.1) is 17.1 Å². The number of aromatic nitrogens is 2. The molecule has 0 aliphatic heterocycles. The zero-order valence-electron chi connectivity index (χ0n) is 15.4. The predicted octanol–water partition coefficient (Wildman–Crippen LogP) is 3.18. The van der Waals surface area contributed by atoms with Gasteiger partial charge in [-0.25, -0.2) is 22.8 Å². The van der Waals surface area contributed by atoms with E-state index in [2.05, 4.69) is 14.7 Å². The number of sulfonamides is 1. The van der Waals surface area contributed by atoms with Crippen molar-refractivity contribution < 1.29 is 22.7 Å². The summed E-state index contributed by atoms with van der Waals surface area (Å²) in [6.07, 6.45) is 0.0493. The van der Waals surface area contributed by atoms with Crippen molar-refractivity contribution in [3.63, 3.8) is 0 Å². The average Bonchev–Trinajstić information content (AvgIpc) is 2.60. The Balaban J connectivity index is 2.67. The van der Waals surface area contributed by atoms with Crippen LogP contribution in [0.2, 0.25) is 0 Å². The van der Waals surface area contributed by atoms with Gasteiger partial charge in [0.1, 0.15) is 5.82 Å². The van der Waals surface area contributed by atoms with Crippen LogP contribution in [-0.4, -0.2) is 35.2 Å². The van der Waals surface area contributed by atoms with Crippen molar-refractivity contribution in [2.75, 3.05) is 10.5 Å². The Morgan fingerprint density at radius 3 is 2.37 bits per heavy atom. The molecule has 27 heavy (non-hydrogen) atoms. The fourth-order valence-corrected chi connectivity index (χ4v) is 3.07. The molecule has 1 aromatic heterocycles. The molecule has 0 spiro atoms. The quantitative estimate of drug-likeness (QED) is 0.710. The lowest BCUT2D eigenvalue weighted by atomic mass is 9.95. The maximum absolute atomic E-state index is 13.3. The lowest BCUT2D eigenvalue weighted by molar-refractivity contribution is -0.136. The van der Waals surface area contributed by atoms with E-state index in [0.29, 0.717) is 22.5 Å². The van der Waals surface area contributed by atoms with Gasteiger partial charge in [0, 0.05) is 17.5 Å². The lowest BCUT2D eigenvalue weighted by Gasteiger charge is -2.18. The molecule has 9 heteroatoms. The Bertz CT molecular complexity index is 928. The van der Waals surface area contributed by atoms with Crippen LogP contribution in [0.1, 0.15) is 44.4 Å². The highest BCUT2D eigenvalue weighted by Gasteiger charge is 2.21. The molecule has 2 N–H and O–H groups in total. The minimum atomic E-state index is -3.59. The number of carboxylic acid groups (broad SMARTS) is 1. The van der Waals surface area contributed by atoms with Gasteiger partial charge in [0.25, 0.3) is 0 Å². The molecule has 1 aromatic carbocycles. The maximum atomic E-state index is 13.3. The van der Waals surface area contributed by atoms with Crippen LogP contribution in [0.25, 0.3) is 11.3 Å². The van der Waals surface area contributed by atoms with Crippen molar-refractivity contribution in [3.8, 4) is 11.3 Å². The summed E-state index contributed by atoms with van der Waals surface area (Å²) in [7, 11) is -3.59. The number of carbonyl (C=O) groups is 1. The van der Waals surface area contributed by atoms with Gasteiger partial charge in [-0.1, -0.05) is 13.8 Å². The van der Waals surface area contributed by atoms with Crippen LogP contribution in [0.15, 0.2) is 24.3 Å². The van der Waals surface area contributed by atoms with Crippen LogP contribution in [-0.2, 0) is 21.2 Å². The van der Waals surface area contributed by atoms with Gasteiger partial charge < -0.3 is 5.11 Å². The highest BCUT2D eigenvalue weighted by Crippen LogP contribution is 2.30. The minimum Gasteiger partial charge on any atom is -0.481 e. The first-order valence-corrected chi connectivity index (χ1v) is 10.2. The molecule has 0 saturated heterocycles. The highest BCUT2D eigenvalue weighted by molar-refractivity contribution is 7.92. The van der Waals surface area contributed by atoms with E-state index in [4.69, 9.17) is 5.11 Å². The van der Waals surface area contributed by atoms with Crippen molar-refractivity contribution in [2.45, 2.75) is 39.5 Å². The topological polar surface area (TPSA) is 109 Å². The smallest absolute Gasteiger partial charge is 0.303 e. The molecule has 2 aromatic rings. The first-order chi connectivity index (χ1) is 12.6. The zero-order chi connectivity index (χ0) is 20.2. The van der Waals surface area contributed by atoms with Crippen molar-refractivity contribution in [2.24, 2.45) is 0 Å². The normalized spacial score (nSPS) is 11.6. The summed E-state index contributed by atoms with van der Waals surface area (Å²) < 4.78 is 39.5.